The van der Waals surface area contributed by atoms with Crippen molar-refractivity contribution in [1.29, 1.82) is 0 Å². The van der Waals surface area contributed by atoms with Crippen molar-refractivity contribution in [3.05, 3.63) is 23.8 Å². The Hall–Kier alpha value is -1.38. The topological polar surface area (TPSA) is 43.4 Å². The highest BCUT2D eigenvalue weighted by molar-refractivity contribution is 5.82. The van der Waals surface area contributed by atoms with E-state index in [0.29, 0.717) is 17.9 Å². The molecule has 0 amide bonds. The van der Waals surface area contributed by atoms with E-state index in [4.69, 9.17) is 4.74 Å². The maximum absolute atomic E-state index is 12.0. The molecule has 0 aliphatic heterocycles. The van der Waals surface area contributed by atoms with Crippen LogP contribution < -0.4 is 0 Å². The van der Waals surface area contributed by atoms with Crippen molar-refractivity contribution in [3.8, 4) is 0 Å². The fourth-order valence-corrected chi connectivity index (χ4v) is 8.08. The Morgan fingerprint density at radius 2 is 2.03 bits per heavy atom. The van der Waals surface area contributed by atoms with Gasteiger partial charge in [0.15, 0.2) is 0 Å². The van der Waals surface area contributed by atoms with E-state index in [1.807, 2.05) is 13.0 Å². The van der Waals surface area contributed by atoms with Crippen molar-refractivity contribution in [1.82, 2.24) is 0 Å². The number of carbonyl (C=O) groups is 2. The molecule has 0 bridgehead atoms. The Balaban J connectivity index is 1.54. The van der Waals surface area contributed by atoms with Gasteiger partial charge in [0.1, 0.15) is 6.29 Å². The van der Waals surface area contributed by atoms with Crippen molar-refractivity contribution >= 4 is 12.3 Å². The monoisotopic (exact) mass is 398 g/mol. The number of aldehydes is 1. The van der Waals surface area contributed by atoms with Crippen molar-refractivity contribution in [3.63, 3.8) is 0 Å². The van der Waals surface area contributed by atoms with Gasteiger partial charge >= 0.3 is 5.97 Å². The van der Waals surface area contributed by atoms with Gasteiger partial charge in [0, 0.05) is 12.0 Å². The number of allylic oxidation sites excluding steroid dienone is 3. The molecule has 0 aromatic carbocycles. The second kappa shape index (κ2) is 8.04. The van der Waals surface area contributed by atoms with Crippen molar-refractivity contribution in [2.24, 2.45) is 40.4 Å². The maximum atomic E-state index is 12.0. The molecule has 0 saturated heterocycles. The molecule has 4 rings (SSSR count). The number of carbonyl (C=O) groups excluding carboxylic acids is 2. The molecule has 3 nitrogen and oxygen atoms in total. The molecule has 0 unspecified atom stereocenters. The minimum Gasteiger partial charge on any atom is -0.463 e. The van der Waals surface area contributed by atoms with Gasteiger partial charge in [0.2, 0.25) is 0 Å². The van der Waals surface area contributed by atoms with Crippen LogP contribution in [0, 0.1) is 40.4 Å². The van der Waals surface area contributed by atoms with Gasteiger partial charge in [0.05, 0.1) is 6.61 Å². The summed E-state index contributed by atoms with van der Waals surface area (Å²) in [5, 5.41) is 0. The summed E-state index contributed by atoms with van der Waals surface area (Å²) in [5.74, 6) is 2.21. The van der Waals surface area contributed by atoms with Crippen LogP contribution in [0.25, 0.3) is 0 Å². The number of ether oxygens (including phenoxy) is 1. The molecule has 7 atom stereocenters. The maximum Gasteiger partial charge on any atom is 0.330 e. The van der Waals surface area contributed by atoms with E-state index < -0.39 is 0 Å². The first kappa shape index (κ1) is 20.9. The molecule has 3 saturated carbocycles. The van der Waals surface area contributed by atoms with Gasteiger partial charge in [-0.05, 0) is 99.2 Å². The van der Waals surface area contributed by atoms with E-state index in [0.717, 1.165) is 30.5 Å². The van der Waals surface area contributed by atoms with Gasteiger partial charge in [-0.15, -0.1) is 0 Å². The van der Waals surface area contributed by atoms with E-state index in [2.05, 4.69) is 19.9 Å². The molecule has 0 radical (unpaired) electrons. The predicted molar refractivity (Wildman–Crippen MR) is 115 cm³/mol. The van der Waals surface area contributed by atoms with Crippen molar-refractivity contribution in [2.45, 2.75) is 78.6 Å². The fraction of sp³-hybridized carbons (Fsp3) is 0.769. The molecular formula is C26H38O3. The quantitative estimate of drug-likeness (QED) is 0.251. The lowest BCUT2D eigenvalue weighted by atomic mass is 9.46. The first-order valence-electron chi connectivity index (χ1n) is 11.9. The van der Waals surface area contributed by atoms with Crippen LogP contribution in [0.15, 0.2) is 23.8 Å². The summed E-state index contributed by atoms with van der Waals surface area (Å²) in [5.41, 5.74) is 2.40. The van der Waals surface area contributed by atoms with E-state index in [9.17, 15) is 9.59 Å². The predicted octanol–water partition coefficient (Wildman–Crippen LogP) is 5.89. The van der Waals surface area contributed by atoms with Gasteiger partial charge in [-0.25, -0.2) is 4.79 Å². The van der Waals surface area contributed by atoms with Gasteiger partial charge < -0.3 is 9.53 Å². The molecule has 4 aliphatic carbocycles. The summed E-state index contributed by atoms with van der Waals surface area (Å²) in [4.78, 5) is 23.8. The van der Waals surface area contributed by atoms with Crippen LogP contribution in [0.2, 0.25) is 0 Å². The van der Waals surface area contributed by atoms with Gasteiger partial charge in [-0.2, -0.15) is 0 Å². The zero-order chi connectivity index (χ0) is 20.6. The summed E-state index contributed by atoms with van der Waals surface area (Å²) in [7, 11) is 0. The van der Waals surface area contributed by atoms with E-state index >= 15 is 0 Å². The first-order chi connectivity index (χ1) is 13.9. The molecule has 3 heteroatoms. The molecule has 0 heterocycles. The average molecular weight is 399 g/mol. The van der Waals surface area contributed by atoms with Crippen molar-refractivity contribution in [2.75, 3.05) is 6.61 Å². The molecule has 0 spiro atoms. The average Bonchev–Trinajstić information content (AvgIpc) is 3.05. The highest BCUT2D eigenvalue weighted by Crippen LogP contribution is 2.67. The van der Waals surface area contributed by atoms with Crippen molar-refractivity contribution < 1.29 is 14.3 Å². The van der Waals surface area contributed by atoms with Crippen LogP contribution in [0.5, 0.6) is 0 Å². The molecule has 0 aromatic rings. The number of fused-ring (bicyclic) bond motifs is 5. The number of hydrogen-bond donors (Lipinski definition) is 0. The highest BCUT2D eigenvalue weighted by Gasteiger charge is 2.59. The zero-order valence-corrected chi connectivity index (χ0v) is 18.5. The minimum absolute atomic E-state index is 0.171. The lowest BCUT2D eigenvalue weighted by molar-refractivity contribution is -0.137. The van der Waals surface area contributed by atoms with E-state index in [1.165, 1.54) is 57.4 Å². The first-order valence-corrected chi connectivity index (χ1v) is 11.9. The Bertz CT molecular complexity index is 707. The van der Waals surface area contributed by atoms with E-state index in [1.54, 1.807) is 5.57 Å². The molecule has 0 N–H and O–H groups in total. The lowest BCUT2D eigenvalue weighted by Gasteiger charge is -2.58. The molecular weight excluding hydrogens is 360 g/mol. The Kier molecular flexibility index (Phi) is 5.79. The van der Waals surface area contributed by atoms with Gasteiger partial charge in [-0.1, -0.05) is 31.6 Å². The second-order valence-electron chi connectivity index (χ2n) is 10.5. The second-order valence-corrected chi connectivity index (χ2v) is 10.5. The molecule has 160 valence electrons. The third-order valence-corrected chi connectivity index (χ3v) is 9.46. The molecule has 29 heavy (non-hydrogen) atoms. The molecule has 3 fully saturated rings. The van der Waals surface area contributed by atoms with Crippen LogP contribution in [0.3, 0.4) is 0 Å². The van der Waals surface area contributed by atoms with Crippen LogP contribution in [0.4, 0.5) is 0 Å². The smallest absolute Gasteiger partial charge is 0.330 e. The molecule has 0 aromatic heterocycles. The minimum atomic E-state index is -0.334. The van der Waals surface area contributed by atoms with Gasteiger partial charge in [0.25, 0.3) is 0 Å². The Labute approximate surface area is 176 Å². The van der Waals surface area contributed by atoms with Crippen LogP contribution in [-0.4, -0.2) is 18.9 Å². The number of hydrogen-bond acceptors (Lipinski definition) is 3. The Morgan fingerprint density at radius 3 is 2.79 bits per heavy atom. The summed E-state index contributed by atoms with van der Waals surface area (Å²) in [6, 6.07) is 0. The summed E-state index contributed by atoms with van der Waals surface area (Å²) in [6.07, 6.45) is 18.4. The normalized spacial score (nSPS) is 42.4. The lowest BCUT2D eigenvalue weighted by Crippen LogP contribution is -2.50. The van der Waals surface area contributed by atoms with Crippen LogP contribution in [0.1, 0.15) is 78.6 Å². The third-order valence-electron chi connectivity index (χ3n) is 9.46. The number of esters is 1. The van der Waals surface area contributed by atoms with Crippen LogP contribution >= 0.6 is 0 Å². The summed E-state index contributed by atoms with van der Waals surface area (Å²) >= 11 is 0. The zero-order valence-electron chi connectivity index (χ0n) is 18.5. The number of rotatable bonds is 5. The van der Waals surface area contributed by atoms with Crippen LogP contribution in [-0.2, 0) is 14.3 Å². The van der Waals surface area contributed by atoms with Gasteiger partial charge in [-0.3, -0.25) is 0 Å². The SMILES string of the molecule is CCOC(=O)C=C[C@@H](C=O)[C@H]1CC[C@H]2[C@@H]3CCC4=CCCC[C@]4(C)[C@H]3CC[C@]12C. The fourth-order valence-electron chi connectivity index (χ4n) is 8.08. The van der Waals surface area contributed by atoms with E-state index in [-0.39, 0.29) is 17.3 Å². The standard InChI is InChI=1S/C26H38O3/c1-4-29-24(28)13-8-18(17-27)21-11-12-22-20-10-9-19-7-5-6-15-25(19,2)23(20)14-16-26(21,22)3/h7-8,13,17-18,20-23H,4-6,9-12,14-16H2,1-3H3/t18-,20-,21+,22-,23-,25-,26+/m0/s1. The Morgan fingerprint density at radius 1 is 1.21 bits per heavy atom. The third kappa shape index (κ3) is 3.43. The summed E-state index contributed by atoms with van der Waals surface area (Å²) < 4.78 is 5.02. The summed E-state index contributed by atoms with van der Waals surface area (Å²) in [6.45, 7) is 7.19. The molecule has 4 aliphatic rings. The highest BCUT2D eigenvalue weighted by atomic mass is 16.5. The largest absolute Gasteiger partial charge is 0.463 e.